The van der Waals surface area contributed by atoms with E-state index in [2.05, 4.69) is 10.1 Å². The van der Waals surface area contributed by atoms with E-state index in [-0.39, 0.29) is 11.9 Å². The predicted molar refractivity (Wildman–Crippen MR) is 77.4 cm³/mol. The highest BCUT2D eigenvalue weighted by molar-refractivity contribution is 5.92. The lowest BCUT2D eigenvalue weighted by molar-refractivity contribution is 0.0694. The first kappa shape index (κ1) is 13.5. The molecule has 0 aromatic carbocycles. The Kier molecular flexibility index (Phi) is 3.24. The van der Waals surface area contributed by atoms with E-state index in [9.17, 15) is 4.79 Å². The Labute approximate surface area is 128 Å². The molecular formula is C16H19N3O3. The van der Waals surface area contributed by atoms with Gasteiger partial charge in [-0.25, -0.2) is 0 Å². The van der Waals surface area contributed by atoms with Gasteiger partial charge in [-0.1, -0.05) is 12.1 Å². The van der Waals surface area contributed by atoms with Crippen LogP contribution in [0.5, 0.6) is 0 Å². The number of aromatic nitrogens is 2. The van der Waals surface area contributed by atoms with Crippen molar-refractivity contribution >= 4 is 5.91 Å². The van der Waals surface area contributed by atoms with Gasteiger partial charge in [0.1, 0.15) is 5.76 Å². The molecule has 3 heterocycles. The van der Waals surface area contributed by atoms with Crippen molar-refractivity contribution in [2.24, 2.45) is 0 Å². The molecule has 4 rings (SSSR count). The van der Waals surface area contributed by atoms with Gasteiger partial charge >= 0.3 is 0 Å². The molecule has 2 aromatic rings. The number of hydrogen-bond acceptors (Lipinski definition) is 5. The van der Waals surface area contributed by atoms with Crippen molar-refractivity contribution in [3.8, 4) is 0 Å². The number of carbonyl (C=O) groups excluding carboxylic acids is 1. The van der Waals surface area contributed by atoms with E-state index in [0.717, 1.165) is 43.8 Å². The first-order chi connectivity index (χ1) is 10.8. The monoisotopic (exact) mass is 301 g/mol. The second-order valence-electron chi connectivity index (χ2n) is 6.04. The molecule has 0 spiro atoms. The van der Waals surface area contributed by atoms with Gasteiger partial charge < -0.3 is 13.8 Å². The molecule has 0 radical (unpaired) electrons. The molecule has 1 amide bonds. The lowest BCUT2D eigenvalue weighted by Gasteiger charge is -2.20. The van der Waals surface area contributed by atoms with E-state index >= 15 is 0 Å². The molecule has 2 aliphatic rings. The van der Waals surface area contributed by atoms with Crippen molar-refractivity contribution in [3.63, 3.8) is 0 Å². The summed E-state index contributed by atoms with van der Waals surface area (Å²) in [5.74, 6) is 2.93. The Morgan fingerprint density at radius 2 is 2.23 bits per heavy atom. The fraction of sp³-hybridized carbons (Fsp3) is 0.562. The van der Waals surface area contributed by atoms with Crippen LogP contribution in [0.3, 0.4) is 0 Å². The normalized spacial score (nSPS) is 21.5. The number of rotatable bonds is 4. The topological polar surface area (TPSA) is 72.4 Å². The number of carbonyl (C=O) groups is 1. The van der Waals surface area contributed by atoms with Gasteiger partial charge in [0.15, 0.2) is 11.6 Å². The zero-order valence-electron chi connectivity index (χ0n) is 12.6. The minimum Gasteiger partial charge on any atom is -0.456 e. The van der Waals surface area contributed by atoms with E-state index in [1.54, 1.807) is 11.0 Å². The van der Waals surface area contributed by atoms with Gasteiger partial charge in [-0.3, -0.25) is 4.79 Å². The highest BCUT2D eigenvalue weighted by Crippen LogP contribution is 2.40. The largest absolute Gasteiger partial charge is 0.456 e. The van der Waals surface area contributed by atoms with Crippen LogP contribution in [-0.2, 0) is 6.42 Å². The third-order valence-corrected chi connectivity index (χ3v) is 4.42. The Hall–Kier alpha value is -2.11. The number of amides is 1. The van der Waals surface area contributed by atoms with Gasteiger partial charge in [-0.15, -0.1) is 0 Å². The van der Waals surface area contributed by atoms with Crippen LogP contribution < -0.4 is 0 Å². The van der Waals surface area contributed by atoms with Crippen molar-refractivity contribution in [1.29, 1.82) is 0 Å². The van der Waals surface area contributed by atoms with Crippen LogP contribution in [0.2, 0.25) is 0 Å². The second kappa shape index (κ2) is 5.26. The van der Waals surface area contributed by atoms with Gasteiger partial charge in [0.25, 0.3) is 5.91 Å². The fourth-order valence-corrected chi connectivity index (χ4v) is 2.98. The third kappa shape index (κ3) is 2.32. The average molecular weight is 301 g/mol. The van der Waals surface area contributed by atoms with Gasteiger partial charge in [0.05, 0.1) is 6.04 Å². The predicted octanol–water partition coefficient (Wildman–Crippen LogP) is 3.08. The lowest BCUT2D eigenvalue weighted by Crippen LogP contribution is -2.30. The summed E-state index contributed by atoms with van der Waals surface area (Å²) in [5.41, 5.74) is 0. The van der Waals surface area contributed by atoms with Gasteiger partial charge in [0.2, 0.25) is 5.89 Å². The van der Waals surface area contributed by atoms with E-state index in [1.165, 1.54) is 0 Å². The summed E-state index contributed by atoms with van der Waals surface area (Å²) >= 11 is 0. The first-order valence-electron chi connectivity index (χ1n) is 7.99. The molecule has 0 unspecified atom stereocenters. The number of hydrogen-bond donors (Lipinski definition) is 0. The van der Waals surface area contributed by atoms with Crippen molar-refractivity contribution in [3.05, 3.63) is 35.4 Å². The molecule has 1 aliphatic carbocycles. The van der Waals surface area contributed by atoms with Crippen LogP contribution in [0.25, 0.3) is 0 Å². The van der Waals surface area contributed by atoms with Crippen LogP contribution in [0.1, 0.15) is 72.6 Å². The number of nitrogens with zero attached hydrogens (tertiary/aromatic N) is 3. The van der Waals surface area contributed by atoms with Crippen molar-refractivity contribution in [2.45, 2.75) is 51.0 Å². The number of furan rings is 1. The minimum atomic E-state index is -0.0982. The molecule has 1 atom stereocenters. The van der Waals surface area contributed by atoms with Gasteiger partial charge in [-0.2, -0.15) is 4.98 Å². The lowest BCUT2D eigenvalue weighted by atomic mass is 10.2. The molecule has 22 heavy (non-hydrogen) atoms. The molecule has 1 aliphatic heterocycles. The van der Waals surface area contributed by atoms with Crippen molar-refractivity contribution in [2.75, 3.05) is 6.54 Å². The molecule has 1 saturated carbocycles. The molecule has 0 bridgehead atoms. The van der Waals surface area contributed by atoms with Crippen LogP contribution in [0.15, 0.2) is 21.1 Å². The molecular weight excluding hydrogens is 282 g/mol. The summed E-state index contributed by atoms with van der Waals surface area (Å²) in [5, 5.41) is 4.10. The third-order valence-electron chi connectivity index (χ3n) is 4.42. The Bertz CT molecular complexity index is 686. The molecule has 6 heteroatoms. The average Bonchev–Trinajstić information content (AvgIpc) is 3.02. The van der Waals surface area contributed by atoms with E-state index < -0.39 is 0 Å². The van der Waals surface area contributed by atoms with Crippen molar-refractivity contribution < 1.29 is 13.7 Å². The van der Waals surface area contributed by atoms with Gasteiger partial charge in [-0.05, 0) is 37.8 Å². The number of aryl methyl sites for hydroxylation is 1. The molecule has 6 nitrogen and oxygen atoms in total. The summed E-state index contributed by atoms with van der Waals surface area (Å²) in [6, 6.07) is 3.51. The Morgan fingerprint density at radius 1 is 1.36 bits per heavy atom. The minimum absolute atomic E-state index is 0.0834. The second-order valence-corrected chi connectivity index (χ2v) is 6.04. The smallest absolute Gasteiger partial charge is 0.290 e. The zero-order chi connectivity index (χ0) is 15.1. The Balaban J connectivity index is 1.55. The zero-order valence-corrected chi connectivity index (χ0v) is 12.6. The van der Waals surface area contributed by atoms with E-state index in [4.69, 9.17) is 8.94 Å². The Morgan fingerprint density at radius 3 is 2.95 bits per heavy atom. The van der Waals surface area contributed by atoms with Crippen LogP contribution >= 0.6 is 0 Å². The summed E-state index contributed by atoms with van der Waals surface area (Å²) in [7, 11) is 0. The van der Waals surface area contributed by atoms with Crippen LogP contribution in [-0.4, -0.2) is 27.5 Å². The summed E-state index contributed by atoms with van der Waals surface area (Å²) in [6.45, 7) is 2.71. The summed E-state index contributed by atoms with van der Waals surface area (Å²) < 4.78 is 10.9. The highest BCUT2D eigenvalue weighted by atomic mass is 16.5. The van der Waals surface area contributed by atoms with E-state index in [0.29, 0.717) is 24.0 Å². The van der Waals surface area contributed by atoms with E-state index in [1.807, 2.05) is 13.0 Å². The summed E-state index contributed by atoms with van der Waals surface area (Å²) in [4.78, 5) is 19.0. The standard InChI is InChI=1S/C16H19N3O3/c1-2-11-7-8-13(21-11)16(20)19-9-3-4-12(19)14-17-15(22-18-14)10-5-6-10/h7-8,10,12H,2-6,9H2,1H3/t12-/m1/s1. The molecule has 116 valence electrons. The highest BCUT2D eigenvalue weighted by Gasteiger charge is 2.37. The molecule has 2 aromatic heterocycles. The maximum atomic E-state index is 12.7. The molecule has 1 saturated heterocycles. The molecule has 2 fully saturated rings. The maximum absolute atomic E-state index is 12.7. The van der Waals surface area contributed by atoms with Crippen molar-refractivity contribution in [1.82, 2.24) is 15.0 Å². The maximum Gasteiger partial charge on any atom is 0.290 e. The van der Waals surface area contributed by atoms with Gasteiger partial charge in [0, 0.05) is 18.9 Å². The SMILES string of the molecule is CCc1ccc(C(=O)N2CCC[C@@H]2c2noc(C3CC3)n2)o1. The quantitative estimate of drug-likeness (QED) is 0.867. The fourth-order valence-electron chi connectivity index (χ4n) is 2.98. The summed E-state index contributed by atoms with van der Waals surface area (Å²) in [6.07, 6.45) is 4.86. The van der Waals surface area contributed by atoms with Crippen LogP contribution in [0, 0.1) is 0 Å². The van der Waals surface area contributed by atoms with Crippen LogP contribution in [0.4, 0.5) is 0 Å². The first-order valence-corrected chi connectivity index (χ1v) is 7.99. The number of likely N-dealkylation sites (tertiary alicyclic amines) is 1. The molecule has 0 N–H and O–H groups in total.